The number of nitrogen functional groups attached to an aromatic ring is 2. The van der Waals surface area contributed by atoms with E-state index in [1.165, 1.54) is 23.5 Å². The van der Waals surface area contributed by atoms with Gasteiger partial charge in [0.25, 0.3) is 0 Å². The zero-order valence-electron chi connectivity index (χ0n) is 13.7. The number of nitrogens with two attached hydrogens (primary N) is 2. The minimum absolute atomic E-state index is 0.0176. The molecular formula is C12H18N10O2S2. The first kappa shape index (κ1) is 18.3. The molecule has 12 nitrogen and oxygen atoms in total. The highest BCUT2D eigenvalue weighted by atomic mass is 32.2. The molecule has 1 aliphatic rings. The minimum atomic E-state index is -0.0176. The summed E-state index contributed by atoms with van der Waals surface area (Å²) in [5.74, 6) is 0.864. The molecule has 0 aliphatic carbocycles. The number of carbonyl (C=O) groups is 2. The van der Waals surface area contributed by atoms with Crippen LogP contribution in [0.2, 0.25) is 0 Å². The Morgan fingerprint density at radius 1 is 0.846 bits per heavy atom. The summed E-state index contributed by atoms with van der Waals surface area (Å²) in [6.07, 6.45) is 0. The Morgan fingerprint density at radius 3 is 1.54 bits per heavy atom. The molecule has 0 radical (unpaired) electrons. The van der Waals surface area contributed by atoms with Gasteiger partial charge in [-0.3, -0.25) is 9.59 Å². The molecular weight excluding hydrogens is 380 g/mol. The summed E-state index contributed by atoms with van der Waals surface area (Å²) in [6, 6.07) is 0. The van der Waals surface area contributed by atoms with Crippen molar-refractivity contribution in [3.05, 3.63) is 0 Å². The molecule has 1 fully saturated rings. The number of aromatic nitrogens is 6. The maximum absolute atomic E-state index is 12.2. The van der Waals surface area contributed by atoms with Crippen molar-refractivity contribution < 1.29 is 9.59 Å². The van der Waals surface area contributed by atoms with Crippen molar-refractivity contribution >= 4 is 47.2 Å². The summed E-state index contributed by atoms with van der Waals surface area (Å²) < 4.78 is 0. The van der Waals surface area contributed by atoms with Crippen LogP contribution in [0.15, 0.2) is 10.3 Å². The molecule has 6 N–H and O–H groups in total. The van der Waals surface area contributed by atoms with Crippen molar-refractivity contribution in [2.24, 2.45) is 0 Å². The maximum atomic E-state index is 12.2. The third-order valence-electron chi connectivity index (χ3n) is 3.60. The molecule has 3 heterocycles. The number of hydrogen-bond donors (Lipinski definition) is 4. The number of anilines is 2. The van der Waals surface area contributed by atoms with E-state index < -0.39 is 0 Å². The Bertz CT molecular complexity index is 705. The van der Waals surface area contributed by atoms with E-state index in [9.17, 15) is 9.59 Å². The van der Waals surface area contributed by atoms with Crippen molar-refractivity contribution in [3.63, 3.8) is 0 Å². The van der Waals surface area contributed by atoms with Crippen molar-refractivity contribution in [3.8, 4) is 0 Å². The number of rotatable bonds is 6. The van der Waals surface area contributed by atoms with Crippen LogP contribution in [0.25, 0.3) is 0 Å². The van der Waals surface area contributed by atoms with Gasteiger partial charge in [-0.15, -0.1) is 10.2 Å². The van der Waals surface area contributed by atoms with Crippen LogP contribution < -0.4 is 11.5 Å². The van der Waals surface area contributed by atoms with Gasteiger partial charge in [-0.2, -0.15) is 9.97 Å². The van der Waals surface area contributed by atoms with Crippen LogP contribution in [0.3, 0.4) is 0 Å². The second-order valence-corrected chi connectivity index (χ2v) is 7.23. The average molecular weight is 398 g/mol. The van der Waals surface area contributed by atoms with Gasteiger partial charge >= 0.3 is 0 Å². The zero-order chi connectivity index (χ0) is 18.5. The van der Waals surface area contributed by atoms with E-state index in [1.54, 1.807) is 9.80 Å². The Kier molecular flexibility index (Phi) is 5.82. The molecule has 0 spiro atoms. The third kappa shape index (κ3) is 4.78. The van der Waals surface area contributed by atoms with Crippen molar-refractivity contribution in [1.82, 2.24) is 40.2 Å². The molecule has 3 rings (SSSR count). The first-order chi connectivity index (χ1) is 12.5. The molecule has 0 bridgehead atoms. The van der Waals surface area contributed by atoms with E-state index in [-0.39, 0.29) is 35.2 Å². The molecule has 0 aromatic carbocycles. The lowest BCUT2D eigenvalue weighted by atomic mass is 10.3. The monoisotopic (exact) mass is 398 g/mol. The highest BCUT2D eigenvalue weighted by Crippen LogP contribution is 2.16. The van der Waals surface area contributed by atoms with Gasteiger partial charge in [-0.25, -0.2) is 10.2 Å². The third-order valence-corrected chi connectivity index (χ3v) is 5.26. The zero-order valence-corrected chi connectivity index (χ0v) is 15.3. The molecule has 2 amide bonds. The quantitative estimate of drug-likeness (QED) is 0.425. The van der Waals surface area contributed by atoms with E-state index >= 15 is 0 Å². The standard InChI is InChI=1S/C12H18N10O2S2/c13-9-15-11(19-17-9)25-5-7(23)21-1-2-22(4-3-21)8(24)6-26-12-16-10(14)18-20-12/h1-6H2,(H3,13,15,17,19)(H3,14,16,18,20). The van der Waals surface area contributed by atoms with Crippen LogP contribution in [-0.2, 0) is 9.59 Å². The van der Waals surface area contributed by atoms with E-state index in [4.69, 9.17) is 11.5 Å². The Balaban J connectivity index is 1.38. The molecule has 1 aliphatic heterocycles. The number of aromatic amines is 2. The lowest BCUT2D eigenvalue weighted by Gasteiger charge is -2.34. The number of hydrogen-bond acceptors (Lipinski definition) is 10. The van der Waals surface area contributed by atoms with Crippen LogP contribution in [0.5, 0.6) is 0 Å². The van der Waals surface area contributed by atoms with Gasteiger partial charge in [0.1, 0.15) is 0 Å². The van der Waals surface area contributed by atoms with Gasteiger partial charge < -0.3 is 21.3 Å². The van der Waals surface area contributed by atoms with Gasteiger partial charge in [0.05, 0.1) is 11.5 Å². The van der Waals surface area contributed by atoms with Gasteiger partial charge in [0.15, 0.2) is 0 Å². The second-order valence-electron chi connectivity index (χ2n) is 5.35. The predicted octanol–water partition coefficient (Wildman–Crippen LogP) is -1.36. The lowest BCUT2D eigenvalue weighted by molar-refractivity contribution is -0.136. The average Bonchev–Trinajstić information content (AvgIpc) is 3.25. The van der Waals surface area contributed by atoms with Crippen molar-refractivity contribution in [2.45, 2.75) is 10.3 Å². The molecule has 14 heteroatoms. The Hall–Kier alpha value is -2.48. The van der Waals surface area contributed by atoms with Crippen LogP contribution in [0.4, 0.5) is 11.9 Å². The van der Waals surface area contributed by atoms with Crippen LogP contribution in [0, 0.1) is 0 Å². The van der Waals surface area contributed by atoms with Gasteiger partial charge in [0.2, 0.25) is 34.0 Å². The summed E-state index contributed by atoms with van der Waals surface area (Å²) in [6.45, 7) is 2.00. The normalized spacial score (nSPS) is 14.6. The number of thioether (sulfide) groups is 2. The molecule has 26 heavy (non-hydrogen) atoms. The summed E-state index contributed by atoms with van der Waals surface area (Å²) >= 11 is 2.44. The largest absolute Gasteiger partial charge is 0.368 e. The first-order valence-electron chi connectivity index (χ1n) is 7.68. The SMILES string of the molecule is Nc1nc(SCC(=O)N2CCN(C(=O)CSc3n[nH]c(N)n3)CC2)n[nH]1. The molecule has 0 saturated carbocycles. The fraction of sp³-hybridized carbons (Fsp3) is 0.500. The number of nitrogens with one attached hydrogen (secondary N) is 2. The van der Waals surface area contributed by atoms with Crippen LogP contribution >= 0.6 is 23.5 Å². The molecule has 0 atom stereocenters. The van der Waals surface area contributed by atoms with Gasteiger partial charge in [0, 0.05) is 26.2 Å². The van der Waals surface area contributed by atoms with Crippen LogP contribution in [-0.4, -0.2) is 89.7 Å². The number of piperazine rings is 1. The Labute approximate surface area is 156 Å². The fourth-order valence-corrected chi connectivity index (χ4v) is 3.70. The van der Waals surface area contributed by atoms with E-state index in [2.05, 4.69) is 30.4 Å². The fourth-order valence-electron chi connectivity index (χ4n) is 2.29. The molecule has 0 unspecified atom stereocenters. The summed E-state index contributed by atoms with van der Waals surface area (Å²) in [5, 5.41) is 13.7. The minimum Gasteiger partial charge on any atom is -0.368 e. The highest BCUT2D eigenvalue weighted by molar-refractivity contribution is 8.00. The smallest absolute Gasteiger partial charge is 0.233 e. The molecule has 2 aromatic heterocycles. The second kappa shape index (κ2) is 8.27. The lowest BCUT2D eigenvalue weighted by Crippen LogP contribution is -2.51. The van der Waals surface area contributed by atoms with Crippen molar-refractivity contribution in [2.75, 3.05) is 49.2 Å². The maximum Gasteiger partial charge on any atom is 0.233 e. The topological polar surface area (TPSA) is 176 Å². The Morgan fingerprint density at radius 2 is 1.23 bits per heavy atom. The molecule has 1 saturated heterocycles. The number of H-pyrrole nitrogens is 2. The number of amides is 2. The number of nitrogens with zero attached hydrogens (tertiary/aromatic N) is 6. The predicted molar refractivity (Wildman–Crippen MR) is 96.2 cm³/mol. The highest BCUT2D eigenvalue weighted by Gasteiger charge is 2.24. The van der Waals surface area contributed by atoms with Crippen LogP contribution in [0.1, 0.15) is 0 Å². The summed E-state index contributed by atoms with van der Waals surface area (Å²) in [5.41, 5.74) is 10.9. The van der Waals surface area contributed by atoms with Gasteiger partial charge in [-0.1, -0.05) is 23.5 Å². The summed E-state index contributed by atoms with van der Waals surface area (Å²) in [7, 11) is 0. The van der Waals surface area contributed by atoms with E-state index in [0.29, 0.717) is 36.5 Å². The van der Waals surface area contributed by atoms with Gasteiger partial charge in [-0.05, 0) is 0 Å². The van der Waals surface area contributed by atoms with E-state index in [0.717, 1.165) is 0 Å². The molecule has 140 valence electrons. The van der Waals surface area contributed by atoms with Crippen molar-refractivity contribution in [1.29, 1.82) is 0 Å². The van der Waals surface area contributed by atoms with E-state index in [1.807, 2.05) is 0 Å². The number of carbonyl (C=O) groups excluding carboxylic acids is 2. The summed E-state index contributed by atoms with van der Waals surface area (Å²) in [4.78, 5) is 35.8. The molecule has 2 aromatic rings. The first-order valence-corrected chi connectivity index (χ1v) is 9.65.